The molecule has 12 heteroatoms. The van der Waals surface area contributed by atoms with Crippen LogP contribution in [0.3, 0.4) is 0 Å². The van der Waals surface area contributed by atoms with Gasteiger partial charge in [-0.1, -0.05) is 18.2 Å². The normalized spacial score (nSPS) is 28.5. The molecule has 3 aromatic rings. The lowest BCUT2D eigenvalue weighted by atomic mass is 9.64. The minimum Gasteiger partial charge on any atom is -0.508 e. The fourth-order valence-corrected chi connectivity index (χ4v) is 6.76. The number of carbonyl (C=O) groups is 2. The van der Waals surface area contributed by atoms with E-state index in [1.165, 1.54) is 40.7 Å². The molecule has 2 aromatic carbocycles. The van der Waals surface area contributed by atoms with E-state index in [0.29, 0.717) is 11.1 Å². The van der Waals surface area contributed by atoms with Crippen LogP contribution >= 0.6 is 23.2 Å². The van der Waals surface area contributed by atoms with Crippen LogP contribution in [0.4, 0.5) is 10.1 Å². The Morgan fingerprint density at radius 1 is 1.00 bits per heavy atom. The standard InChI is InChI=1S/C25H19Cl2FN4O5/c1-29-22(36)30-10-9-17-18(32(30)23(29)37)12-24(26)20(34)31(15-7-5-14(28)6-8-15)21(35)25(24,27)19(17)13-3-2-4-16(33)11-13/h2-9,11,18-19,33H,10,12H2,1H3/t18-,19+,24-,25+/m1/s1. The number of anilines is 1. The predicted octanol–water partition coefficient (Wildman–Crippen LogP) is 2.39. The second-order valence-electron chi connectivity index (χ2n) is 9.44. The summed E-state index contributed by atoms with van der Waals surface area (Å²) in [6.07, 6.45) is 1.45. The third-order valence-corrected chi connectivity index (χ3v) is 8.97. The molecular weight excluding hydrogens is 526 g/mol. The van der Waals surface area contributed by atoms with Crippen molar-refractivity contribution in [2.24, 2.45) is 7.05 Å². The van der Waals surface area contributed by atoms with Crippen LogP contribution in [-0.4, -0.2) is 40.6 Å². The van der Waals surface area contributed by atoms with E-state index in [1.807, 2.05) is 0 Å². The molecule has 2 amide bonds. The number of nitrogens with zero attached hydrogens (tertiary/aromatic N) is 4. The first-order chi connectivity index (χ1) is 17.5. The number of fused-ring (bicyclic) bond motifs is 4. The van der Waals surface area contributed by atoms with Crippen LogP contribution in [0.15, 0.2) is 69.8 Å². The van der Waals surface area contributed by atoms with Gasteiger partial charge in [0, 0.05) is 19.4 Å². The van der Waals surface area contributed by atoms with E-state index >= 15 is 0 Å². The maximum absolute atomic E-state index is 14.1. The number of aromatic nitrogens is 3. The Kier molecular flexibility index (Phi) is 4.93. The van der Waals surface area contributed by atoms with Gasteiger partial charge in [-0.05, 0) is 47.5 Å². The lowest BCUT2D eigenvalue weighted by Crippen LogP contribution is -2.59. The van der Waals surface area contributed by atoms with Crippen LogP contribution in [0.1, 0.15) is 23.9 Å². The van der Waals surface area contributed by atoms with Gasteiger partial charge in [-0.25, -0.2) is 32.8 Å². The van der Waals surface area contributed by atoms with Crippen molar-refractivity contribution in [1.29, 1.82) is 0 Å². The van der Waals surface area contributed by atoms with Crippen molar-refractivity contribution in [1.82, 2.24) is 13.9 Å². The van der Waals surface area contributed by atoms with Crippen LogP contribution in [0.25, 0.3) is 0 Å². The highest BCUT2D eigenvalue weighted by molar-refractivity contribution is 6.58. The Balaban J connectivity index is 1.62. The molecular formula is C25H19Cl2FN4O5. The Labute approximate surface area is 218 Å². The number of phenols is 1. The molecule has 1 saturated carbocycles. The summed E-state index contributed by atoms with van der Waals surface area (Å²) < 4.78 is 17.1. The van der Waals surface area contributed by atoms with Crippen molar-refractivity contribution in [3.8, 4) is 5.75 Å². The highest BCUT2D eigenvalue weighted by Crippen LogP contribution is 2.63. The van der Waals surface area contributed by atoms with Crippen molar-refractivity contribution < 1.29 is 19.1 Å². The summed E-state index contributed by atoms with van der Waals surface area (Å²) in [6, 6.07) is 9.96. The maximum Gasteiger partial charge on any atom is 0.347 e. The number of allylic oxidation sites excluding steroid dienone is 2. The summed E-state index contributed by atoms with van der Waals surface area (Å²) >= 11 is 14.3. The Bertz CT molecular complexity index is 1660. The maximum atomic E-state index is 14.1. The molecule has 2 aliphatic heterocycles. The molecule has 0 spiro atoms. The zero-order valence-electron chi connectivity index (χ0n) is 19.3. The molecule has 3 heterocycles. The van der Waals surface area contributed by atoms with Crippen LogP contribution in [0, 0.1) is 5.82 Å². The van der Waals surface area contributed by atoms with Crippen LogP contribution in [0.2, 0.25) is 0 Å². The molecule has 2 fully saturated rings. The van der Waals surface area contributed by atoms with Crippen LogP contribution < -0.4 is 16.3 Å². The summed E-state index contributed by atoms with van der Waals surface area (Å²) in [4.78, 5) is 50.5. The van der Waals surface area contributed by atoms with Gasteiger partial charge in [0.2, 0.25) is 0 Å². The number of hydrogen-bond donors (Lipinski definition) is 1. The molecule has 1 N–H and O–H groups in total. The number of phenolic OH excluding ortho intramolecular Hbond substituents is 1. The van der Waals surface area contributed by atoms with Gasteiger partial charge in [0.1, 0.15) is 11.6 Å². The molecule has 190 valence electrons. The van der Waals surface area contributed by atoms with Gasteiger partial charge in [-0.15, -0.1) is 23.2 Å². The molecule has 1 aliphatic carbocycles. The third-order valence-electron chi connectivity index (χ3n) is 7.56. The molecule has 6 rings (SSSR count). The SMILES string of the molecule is Cn1c(=O)n2n(c1=O)[C@@H]1C[C@@]3(Cl)C(=O)N(c4ccc(F)cc4)C(=O)[C@@]3(Cl)[C@@H](c3cccc(O)c3)C1=CC2. The second kappa shape index (κ2) is 7.69. The molecule has 1 aromatic heterocycles. The highest BCUT2D eigenvalue weighted by Gasteiger charge is 2.75. The average molecular weight is 545 g/mol. The monoisotopic (exact) mass is 544 g/mol. The Hall–Kier alpha value is -3.63. The van der Waals surface area contributed by atoms with E-state index in [9.17, 15) is 28.7 Å². The number of alkyl halides is 2. The van der Waals surface area contributed by atoms with Crippen molar-refractivity contribution >= 4 is 40.7 Å². The number of amides is 2. The van der Waals surface area contributed by atoms with Crippen LogP contribution in [0.5, 0.6) is 5.75 Å². The molecule has 9 nitrogen and oxygen atoms in total. The molecule has 0 radical (unpaired) electrons. The van der Waals surface area contributed by atoms with Crippen molar-refractivity contribution in [3.63, 3.8) is 0 Å². The number of carbonyl (C=O) groups excluding carboxylic acids is 2. The lowest BCUT2D eigenvalue weighted by Gasteiger charge is -2.49. The quantitative estimate of drug-likeness (QED) is 0.303. The van der Waals surface area contributed by atoms with Gasteiger partial charge >= 0.3 is 11.4 Å². The number of halogens is 3. The van der Waals surface area contributed by atoms with E-state index in [2.05, 4.69) is 0 Å². The minimum absolute atomic E-state index is 0.0299. The lowest BCUT2D eigenvalue weighted by molar-refractivity contribution is -0.122. The summed E-state index contributed by atoms with van der Waals surface area (Å²) in [5, 5.41) is 10.2. The molecule has 1 saturated heterocycles. The molecule has 0 bridgehead atoms. The Morgan fingerprint density at radius 3 is 2.38 bits per heavy atom. The topological polar surface area (TPSA) is 107 Å². The summed E-state index contributed by atoms with van der Waals surface area (Å²) in [5.41, 5.74) is -0.136. The van der Waals surface area contributed by atoms with Gasteiger partial charge in [-0.3, -0.25) is 9.59 Å². The molecule has 37 heavy (non-hydrogen) atoms. The van der Waals surface area contributed by atoms with Gasteiger partial charge in [0.05, 0.1) is 18.3 Å². The predicted molar refractivity (Wildman–Crippen MR) is 133 cm³/mol. The van der Waals surface area contributed by atoms with Crippen molar-refractivity contribution in [2.75, 3.05) is 4.90 Å². The second-order valence-corrected chi connectivity index (χ2v) is 10.7. The zero-order valence-corrected chi connectivity index (χ0v) is 20.8. The molecule has 4 atom stereocenters. The first kappa shape index (κ1) is 23.7. The molecule has 0 unspecified atom stereocenters. The van der Waals surface area contributed by atoms with Gasteiger partial charge in [0.15, 0.2) is 9.75 Å². The number of imide groups is 1. The fraction of sp³-hybridized carbons (Fsp3) is 0.280. The van der Waals surface area contributed by atoms with Crippen molar-refractivity contribution in [2.45, 2.75) is 34.7 Å². The number of aromatic hydroxyl groups is 1. The van der Waals surface area contributed by atoms with Gasteiger partial charge in [-0.2, -0.15) is 0 Å². The van der Waals surface area contributed by atoms with Gasteiger partial charge < -0.3 is 5.11 Å². The van der Waals surface area contributed by atoms with E-state index in [-0.39, 0.29) is 24.4 Å². The van der Waals surface area contributed by atoms with Crippen LogP contribution in [-0.2, 0) is 23.2 Å². The number of benzene rings is 2. The highest BCUT2D eigenvalue weighted by atomic mass is 35.5. The average Bonchev–Trinajstić information content (AvgIpc) is 3.18. The van der Waals surface area contributed by atoms with Gasteiger partial charge in [0.25, 0.3) is 11.8 Å². The van der Waals surface area contributed by atoms with E-state index < -0.39 is 50.7 Å². The Morgan fingerprint density at radius 2 is 1.70 bits per heavy atom. The third kappa shape index (κ3) is 2.91. The number of rotatable bonds is 2. The smallest absolute Gasteiger partial charge is 0.347 e. The first-order valence-electron chi connectivity index (χ1n) is 11.4. The summed E-state index contributed by atoms with van der Waals surface area (Å²) in [5.74, 6) is -3.34. The first-order valence-corrected chi connectivity index (χ1v) is 12.2. The van der Waals surface area contributed by atoms with E-state index in [1.54, 1.807) is 18.2 Å². The van der Waals surface area contributed by atoms with E-state index in [0.717, 1.165) is 21.6 Å². The zero-order chi connectivity index (χ0) is 26.4. The summed E-state index contributed by atoms with van der Waals surface area (Å²) in [7, 11) is 1.35. The fourth-order valence-electron chi connectivity index (χ4n) is 5.85. The largest absolute Gasteiger partial charge is 0.508 e. The van der Waals surface area contributed by atoms with E-state index in [4.69, 9.17) is 23.2 Å². The molecule has 3 aliphatic rings. The minimum atomic E-state index is -2.06. The number of hydrogen-bond acceptors (Lipinski definition) is 5. The van der Waals surface area contributed by atoms with Crippen molar-refractivity contribution in [3.05, 3.63) is 92.5 Å². The summed E-state index contributed by atoms with van der Waals surface area (Å²) in [6.45, 7) is 0.0299.